The molecule has 1 aromatic heterocycles. The van der Waals surface area contributed by atoms with Gasteiger partial charge in [0.15, 0.2) is 5.43 Å². The van der Waals surface area contributed by atoms with Crippen molar-refractivity contribution < 1.29 is 4.39 Å². The lowest BCUT2D eigenvalue weighted by molar-refractivity contribution is 0.254. The molecule has 0 aliphatic rings. The Kier molecular flexibility index (Phi) is 5.51. The molecule has 0 saturated heterocycles. The van der Waals surface area contributed by atoms with Crippen molar-refractivity contribution in [3.05, 3.63) is 80.9 Å². The van der Waals surface area contributed by atoms with E-state index in [2.05, 4.69) is 16.8 Å². The molecule has 3 nitrogen and oxygen atoms in total. The van der Waals surface area contributed by atoms with Crippen LogP contribution in [-0.2, 0) is 13.1 Å². The molecule has 1 N–H and O–H groups in total. The number of aromatic amines is 1. The summed E-state index contributed by atoms with van der Waals surface area (Å²) in [4.78, 5) is 17.8. The van der Waals surface area contributed by atoms with Crippen LogP contribution in [0.25, 0.3) is 10.9 Å². The number of pyridine rings is 1. The van der Waals surface area contributed by atoms with Crippen molar-refractivity contribution in [2.45, 2.75) is 26.4 Å². The highest BCUT2D eigenvalue weighted by Gasteiger charge is 2.09. The second-order valence-corrected chi connectivity index (χ2v) is 6.62. The molecule has 0 fully saturated rings. The highest BCUT2D eigenvalue weighted by atomic mass is 35.5. The fourth-order valence-electron chi connectivity index (χ4n) is 2.98. The van der Waals surface area contributed by atoms with Crippen LogP contribution in [0.5, 0.6) is 0 Å². The summed E-state index contributed by atoms with van der Waals surface area (Å²) in [6, 6.07) is 13.6. The predicted molar refractivity (Wildman–Crippen MR) is 100 cm³/mol. The van der Waals surface area contributed by atoms with E-state index in [1.54, 1.807) is 12.1 Å². The molecule has 3 rings (SSSR count). The maximum absolute atomic E-state index is 13.3. The third-order valence-electron chi connectivity index (χ3n) is 4.10. The molecule has 0 saturated carbocycles. The molecule has 130 valence electrons. The Morgan fingerprint density at radius 3 is 2.56 bits per heavy atom. The van der Waals surface area contributed by atoms with Crippen molar-refractivity contribution in [2.75, 3.05) is 6.54 Å². The van der Waals surface area contributed by atoms with Crippen LogP contribution < -0.4 is 5.43 Å². The fraction of sp³-hybridized carbons (Fsp3) is 0.250. The van der Waals surface area contributed by atoms with Crippen LogP contribution in [0.3, 0.4) is 0 Å². The smallest absolute Gasteiger partial charge is 0.189 e. The molecule has 0 spiro atoms. The Morgan fingerprint density at radius 2 is 1.84 bits per heavy atom. The monoisotopic (exact) mass is 358 g/mol. The molecule has 0 radical (unpaired) electrons. The lowest BCUT2D eigenvalue weighted by Gasteiger charge is -2.22. The van der Waals surface area contributed by atoms with E-state index < -0.39 is 5.82 Å². The van der Waals surface area contributed by atoms with Crippen LogP contribution in [0.2, 0.25) is 5.02 Å². The summed E-state index contributed by atoms with van der Waals surface area (Å²) in [6.45, 7) is 4.43. The number of aromatic nitrogens is 1. The van der Waals surface area contributed by atoms with Gasteiger partial charge in [-0.15, -0.1) is 0 Å². The van der Waals surface area contributed by atoms with Crippen molar-refractivity contribution in [2.24, 2.45) is 0 Å². The number of fused-ring (bicyclic) bond motifs is 1. The highest BCUT2D eigenvalue weighted by Crippen LogP contribution is 2.15. The zero-order chi connectivity index (χ0) is 17.8. The summed E-state index contributed by atoms with van der Waals surface area (Å²) < 4.78 is 13.3. The van der Waals surface area contributed by atoms with Gasteiger partial charge in [-0.05, 0) is 48.9 Å². The fourth-order valence-corrected chi connectivity index (χ4v) is 3.10. The predicted octanol–water partition coefficient (Wildman–Crippen LogP) is 4.73. The van der Waals surface area contributed by atoms with Gasteiger partial charge in [0.25, 0.3) is 0 Å². The van der Waals surface area contributed by atoms with Gasteiger partial charge in [0.2, 0.25) is 0 Å². The SMILES string of the molecule is CCCN(Cc1ccc(Cl)cc1)Cc1cc(=O)c2cc(F)ccc2[nH]1. The summed E-state index contributed by atoms with van der Waals surface area (Å²) in [5.74, 6) is -0.402. The van der Waals surface area contributed by atoms with Gasteiger partial charge in [0, 0.05) is 40.8 Å². The minimum absolute atomic E-state index is 0.161. The molecule has 2 aromatic carbocycles. The molecule has 3 aromatic rings. The third kappa shape index (κ3) is 4.47. The number of hydrogen-bond donors (Lipinski definition) is 1. The van der Waals surface area contributed by atoms with Gasteiger partial charge in [-0.2, -0.15) is 0 Å². The van der Waals surface area contributed by atoms with Gasteiger partial charge in [0.1, 0.15) is 5.82 Å². The quantitative estimate of drug-likeness (QED) is 0.691. The number of nitrogens with one attached hydrogen (secondary N) is 1. The standard InChI is InChI=1S/C20H20ClFN2O/c1-2-9-24(12-14-3-5-15(21)6-4-14)13-17-11-20(25)18-10-16(22)7-8-19(18)23-17/h3-8,10-11H,2,9,12-13H2,1H3,(H,23,25). The molecular weight excluding hydrogens is 339 g/mol. The minimum atomic E-state index is -0.402. The van der Waals surface area contributed by atoms with E-state index in [1.165, 1.54) is 17.7 Å². The Labute approximate surface area is 151 Å². The molecule has 0 aliphatic carbocycles. The molecule has 0 bridgehead atoms. The Hall–Kier alpha value is -2.17. The van der Waals surface area contributed by atoms with E-state index >= 15 is 0 Å². The molecular formula is C20H20ClFN2O. The zero-order valence-electron chi connectivity index (χ0n) is 14.1. The van der Waals surface area contributed by atoms with Crippen molar-refractivity contribution in [1.29, 1.82) is 0 Å². The van der Waals surface area contributed by atoms with E-state index in [0.717, 1.165) is 30.2 Å². The molecule has 1 heterocycles. The zero-order valence-corrected chi connectivity index (χ0v) is 14.8. The van der Waals surface area contributed by atoms with E-state index in [4.69, 9.17) is 11.6 Å². The average molecular weight is 359 g/mol. The molecule has 0 atom stereocenters. The summed E-state index contributed by atoms with van der Waals surface area (Å²) in [5.41, 5.74) is 2.49. The van der Waals surface area contributed by atoms with Gasteiger partial charge in [0.05, 0.1) is 0 Å². The minimum Gasteiger partial charge on any atom is -0.357 e. The summed E-state index contributed by atoms with van der Waals surface area (Å²) in [7, 11) is 0. The van der Waals surface area contributed by atoms with Crippen LogP contribution in [0, 0.1) is 5.82 Å². The first-order valence-corrected chi connectivity index (χ1v) is 8.71. The summed E-state index contributed by atoms with van der Waals surface area (Å²) in [5, 5.41) is 1.10. The lowest BCUT2D eigenvalue weighted by Crippen LogP contribution is -2.25. The van der Waals surface area contributed by atoms with E-state index in [0.29, 0.717) is 17.4 Å². The Morgan fingerprint density at radius 1 is 1.08 bits per heavy atom. The molecule has 0 aliphatic heterocycles. The van der Waals surface area contributed by atoms with E-state index in [9.17, 15) is 9.18 Å². The van der Waals surface area contributed by atoms with E-state index in [1.807, 2.05) is 24.3 Å². The van der Waals surface area contributed by atoms with Crippen molar-refractivity contribution >= 4 is 22.5 Å². The van der Waals surface area contributed by atoms with E-state index in [-0.39, 0.29) is 5.43 Å². The van der Waals surface area contributed by atoms with Crippen LogP contribution >= 0.6 is 11.6 Å². The van der Waals surface area contributed by atoms with Crippen molar-refractivity contribution in [3.63, 3.8) is 0 Å². The normalized spacial score (nSPS) is 11.4. The van der Waals surface area contributed by atoms with Crippen LogP contribution in [0.15, 0.2) is 53.3 Å². The largest absolute Gasteiger partial charge is 0.357 e. The number of nitrogens with zero attached hydrogens (tertiary/aromatic N) is 1. The number of H-pyrrole nitrogens is 1. The molecule has 5 heteroatoms. The maximum Gasteiger partial charge on any atom is 0.189 e. The first-order chi connectivity index (χ1) is 12.0. The van der Waals surface area contributed by atoms with Crippen LogP contribution in [0.1, 0.15) is 24.6 Å². The summed E-state index contributed by atoms with van der Waals surface area (Å²) in [6.07, 6.45) is 1.01. The highest BCUT2D eigenvalue weighted by molar-refractivity contribution is 6.30. The average Bonchev–Trinajstić information content (AvgIpc) is 2.58. The molecule has 25 heavy (non-hydrogen) atoms. The van der Waals surface area contributed by atoms with Gasteiger partial charge < -0.3 is 4.98 Å². The van der Waals surface area contributed by atoms with Gasteiger partial charge >= 0.3 is 0 Å². The third-order valence-corrected chi connectivity index (χ3v) is 4.35. The number of benzene rings is 2. The Bertz CT molecular complexity index is 921. The number of hydrogen-bond acceptors (Lipinski definition) is 2. The lowest BCUT2D eigenvalue weighted by atomic mass is 10.1. The first-order valence-electron chi connectivity index (χ1n) is 8.33. The Balaban J connectivity index is 1.84. The van der Waals surface area contributed by atoms with Crippen molar-refractivity contribution in [3.8, 4) is 0 Å². The number of halogens is 2. The van der Waals surface area contributed by atoms with Crippen LogP contribution in [0.4, 0.5) is 4.39 Å². The first kappa shape index (κ1) is 17.6. The van der Waals surface area contributed by atoms with Crippen LogP contribution in [-0.4, -0.2) is 16.4 Å². The van der Waals surface area contributed by atoms with Gasteiger partial charge in [-0.3, -0.25) is 9.69 Å². The van der Waals surface area contributed by atoms with Crippen molar-refractivity contribution in [1.82, 2.24) is 9.88 Å². The maximum atomic E-state index is 13.3. The topological polar surface area (TPSA) is 36.1 Å². The second kappa shape index (κ2) is 7.81. The summed E-state index contributed by atoms with van der Waals surface area (Å²) >= 11 is 5.94. The molecule has 0 amide bonds. The van der Waals surface area contributed by atoms with Gasteiger partial charge in [-0.1, -0.05) is 30.7 Å². The van der Waals surface area contributed by atoms with Gasteiger partial charge in [-0.25, -0.2) is 4.39 Å². The molecule has 0 unspecified atom stereocenters. The second-order valence-electron chi connectivity index (χ2n) is 6.19. The number of rotatable bonds is 6.